The Balaban J connectivity index is 2.05. The number of ether oxygens (including phenoxy) is 1. The third kappa shape index (κ3) is 4.55. The maximum Gasteiger partial charge on any atom is 0.265 e. The van der Waals surface area contributed by atoms with Crippen LogP contribution in [0.15, 0.2) is 48.5 Å². The number of nitrogens with one attached hydrogen (secondary N) is 1. The topological polar surface area (TPSA) is 38.3 Å². The van der Waals surface area contributed by atoms with Crippen molar-refractivity contribution in [2.75, 3.05) is 5.32 Å². The molecular formula is C19H22FNO2. The molecular weight excluding hydrogens is 293 g/mol. The van der Waals surface area contributed by atoms with E-state index in [1.165, 1.54) is 24.3 Å². The molecule has 2 aromatic rings. The predicted octanol–water partition coefficient (Wildman–Crippen LogP) is 4.75. The van der Waals surface area contributed by atoms with Gasteiger partial charge in [0, 0.05) is 5.69 Å². The van der Waals surface area contributed by atoms with Crippen LogP contribution in [0.5, 0.6) is 5.75 Å². The maximum absolute atomic E-state index is 12.9. The van der Waals surface area contributed by atoms with E-state index in [2.05, 4.69) is 19.2 Å². The van der Waals surface area contributed by atoms with Crippen molar-refractivity contribution in [3.05, 3.63) is 59.9 Å². The lowest BCUT2D eigenvalue weighted by Gasteiger charge is -2.19. The van der Waals surface area contributed by atoms with E-state index in [9.17, 15) is 9.18 Å². The van der Waals surface area contributed by atoms with Crippen molar-refractivity contribution in [1.29, 1.82) is 0 Å². The van der Waals surface area contributed by atoms with E-state index < -0.39 is 6.10 Å². The van der Waals surface area contributed by atoms with Crippen LogP contribution in [-0.4, -0.2) is 12.0 Å². The minimum Gasteiger partial charge on any atom is -0.481 e. The Hall–Kier alpha value is -2.36. The first-order valence-corrected chi connectivity index (χ1v) is 7.83. The van der Waals surface area contributed by atoms with Gasteiger partial charge in [-0.3, -0.25) is 4.79 Å². The number of para-hydroxylation sites is 1. The molecule has 2 atom stereocenters. The summed E-state index contributed by atoms with van der Waals surface area (Å²) in [5.74, 6) is 0.479. The second-order valence-corrected chi connectivity index (χ2v) is 5.60. The molecule has 2 unspecified atom stereocenters. The molecule has 0 saturated heterocycles. The number of halogens is 1. The van der Waals surface area contributed by atoms with Crippen LogP contribution in [0.1, 0.15) is 38.7 Å². The van der Waals surface area contributed by atoms with Crippen LogP contribution in [0.4, 0.5) is 10.1 Å². The fourth-order valence-corrected chi connectivity index (χ4v) is 2.24. The zero-order valence-electron chi connectivity index (χ0n) is 13.7. The van der Waals surface area contributed by atoms with Crippen molar-refractivity contribution in [3.63, 3.8) is 0 Å². The summed E-state index contributed by atoms with van der Waals surface area (Å²) < 4.78 is 18.7. The molecule has 0 aliphatic carbocycles. The first-order valence-electron chi connectivity index (χ1n) is 7.83. The van der Waals surface area contributed by atoms with Gasteiger partial charge < -0.3 is 10.1 Å². The number of hydrogen-bond donors (Lipinski definition) is 1. The molecule has 122 valence electrons. The molecule has 0 aliphatic heterocycles. The Labute approximate surface area is 136 Å². The Morgan fingerprint density at radius 2 is 1.78 bits per heavy atom. The van der Waals surface area contributed by atoms with E-state index in [-0.39, 0.29) is 11.7 Å². The normalized spacial score (nSPS) is 13.2. The van der Waals surface area contributed by atoms with E-state index in [4.69, 9.17) is 4.74 Å². The van der Waals surface area contributed by atoms with Gasteiger partial charge in [-0.1, -0.05) is 32.0 Å². The molecule has 0 aliphatic rings. The average Bonchev–Trinajstić information content (AvgIpc) is 2.56. The number of carbonyl (C=O) groups excluding carboxylic acids is 1. The molecule has 1 amide bonds. The van der Waals surface area contributed by atoms with Crippen LogP contribution >= 0.6 is 0 Å². The highest BCUT2D eigenvalue weighted by Gasteiger charge is 2.18. The first kappa shape index (κ1) is 17.0. The second-order valence-electron chi connectivity index (χ2n) is 5.60. The SMILES string of the molecule is CCC(C)c1ccccc1OC(C)C(=O)Nc1ccc(F)cc1. The summed E-state index contributed by atoms with van der Waals surface area (Å²) in [6.07, 6.45) is 0.349. The lowest BCUT2D eigenvalue weighted by molar-refractivity contribution is -0.122. The summed E-state index contributed by atoms with van der Waals surface area (Å²) in [6, 6.07) is 13.4. The Bertz CT molecular complexity index is 655. The molecule has 3 nitrogen and oxygen atoms in total. The fourth-order valence-electron chi connectivity index (χ4n) is 2.24. The van der Waals surface area contributed by atoms with Crippen LogP contribution in [0.3, 0.4) is 0 Å². The van der Waals surface area contributed by atoms with Crippen LogP contribution in [0.25, 0.3) is 0 Å². The summed E-state index contributed by atoms with van der Waals surface area (Å²) in [6.45, 7) is 5.95. The molecule has 0 spiro atoms. The molecule has 0 fully saturated rings. The van der Waals surface area contributed by atoms with Gasteiger partial charge in [-0.2, -0.15) is 0 Å². The fraction of sp³-hybridized carbons (Fsp3) is 0.316. The van der Waals surface area contributed by atoms with Gasteiger partial charge in [-0.15, -0.1) is 0 Å². The number of hydrogen-bond acceptors (Lipinski definition) is 2. The smallest absolute Gasteiger partial charge is 0.265 e. The summed E-state index contributed by atoms with van der Waals surface area (Å²) in [5.41, 5.74) is 1.64. The van der Waals surface area contributed by atoms with Crippen LogP contribution < -0.4 is 10.1 Å². The Morgan fingerprint density at radius 1 is 1.13 bits per heavy atom. The molecule has 0 aromatic heterocycles. The molecule has 0 saturated carbocycles. The highest BCUT2D eigenvalue weighted by Crippen LogP contribution is 2.29. The van der Waals surface area contributed by atoms with Crippen LogP contribution in [-0.2, 0) is 4.79 Å². The minimum absolute atomic E-state index is 0.268. The molecule has 4 heteroatoms. The van der Waals surface area contributed by atoms with E-state index >= 15 is 0 Å². The summed E-state index contributed by atoms with van der Waals surface area (Å²) >= 11 is 0. The molecule has 2 aromatic carbocycles. The number of rotatable bonds is 6. The van der Waals surface area contributed by atoms with E-state index in [1.54, 1.807) is 6.92 Å². The zero-order chi connectivity index (χ0) is 16.8. The minimum atomic E-state index is -0.648. The average molecular weight is 315 g/mol. The molecule has 0 radical (unpaired) electrons. The van der Waals surface area contributed by atoms with E-state index in [1.807, 2.05) is 24.3 Å². The maximum atomic E-state index is 12.9. The summed E-state index contributed by atoms with van der Waals surface area (Å²) in [5, 5.41) is 2.72. The highest BCUT2D eigenvalue weighted by molar-refractivity contribution is 5.94. The number of amides is 1. The van der Waals surface area contributed by atoms with Gasteiger partial charge in [0.15, 0.2) is 6.10 Å². The Kier molecular flexibility index (Phi) is 5.74. The van der Waals surface area contributed by atoms with Gasteiger partial charge >= 0.3 is 0 Å². The number of anilines is 1. The van der Waals surface area contributed by atoms with Gasteiger partial charge in [-0.25, -0.2) is 4.39 Å². The molecule has 0 bridgehead atoms. The van der Waals surface area contributed by atoms with Gasteiger partial charge in [-0.05, 0) is 55.2 Å². The molecule has 1 N–H and O–H groups in total. The van der Waals surface area contributed by atoms with Crippen LogP contribution in [0.2, 0.25) is 0 Å². The monoisotopic (exact) mass is 315 g/mol. The quantitative estimate of drug-likeness (QED) is 0.835. The van der Waals surface area contributed by atoms with Crippen molar-refractivity contribution < 1.29 is 13.9 Å². The van der Waals surface area contributed by atoms with Gasteiger partial charge in [0.1, 0.15) is 11.6 Å². The highest BCUT2D eigenvalue weighted by atomic mass is 19.1. The lowest BCUT2D eigenvalue weighted by atomic mass is 9.98. The van der Waals surface area contributed by atoms with Crippen molar-refractivity contribution in [2.45, 2.75) is 39.2 Å². The zero-order valence-corrected chi connectivity index (χ0v) is 13.7. The van der Waals surface area contributed by atoms with Crippen molar-refractivity contribution in [2.24, 2.45) is 0 Å². The number of benzene rings is 2. The molecule has 0 heterocycles. The third-order valence-corrected chi connectivity index (χ3v) is 3.85. The summed E-state index contributed by atoms with van der Waals surface area (Å²) in [4.78, 5) is 12.2. The predicted molar refractivity (Wildman–Crippen MR) is 90.3 cm³/mol. The lowest BCUT2D eigenvalue weighted by Crippen LogP contribution is -2.30. The van der Waals surface area contributed by atoms with Gasteiger partial charge in [0.2, 0.25) is 0 Å². The van der Waals surface area contributed by atoms with E-state index in [0.717, 1.165) is 17.7 Å². The van der Waals surface area contributed by atoms with E-state index in [0.29, 0.717) is 11.6 Å². The van der Waals surface area contributed by atoms with Gasteiger partial charge in [0.05, 0.1) is 0 Å². The van der Waals surface area contributed by atoms with Crippen molar-refractivity contribution >= 4 is 11.6 Å². The molecule has 2 rings (SSSR count). The van der Waals surface area contributed by atoms with Gasteiger partial charge in [0.25, 0.3) is 5.91 Å². The third-order valence-electron chi connectivity index (χ3n) is 3.85. The number of carbonyl (C=O) groups is 1. The second kappa shape index (κ2) is 7.77. The largest absolute Gasteiger partial charge is 0.481 e. The Morgan fingerprint density at radius 3 is 2.43 bits per heavy atom. The summed E-state index contributed by atoms with van der Waals surface area (Å²) in [7, 11) is 0. The molecule has 23 heavy (non-hydrogen) atoms. The van der Waals surface area contributed by atoms with Crippen molar-refractivity contribution in [1.82, 2.24) is 0 Å². The first-order chi connectivity index (χ1) is 11.0. The standard InChI is InChI=1S/C19H22FNO2/c1-4-13(2)17-7-5-6-8-18(17)23-14(3)19(22)21-16-11-9-15(20)10-12-16/h5-14H,4H2,1-3H3,(H,21,22). The van der Waals surface area contributed by atoms with Crippen molar-refractivity contribution in [3.8, 4) is 5.75 Å². The van der Waals surface area contributed by atoms with Crippen LogP contribution in [0, 0.1) is 5.82 Å².